The number of nitrogens with one attached hydrogen (secondary N) is 1. The van der Waals surface area contributed by atoms with E-state index in [-0.39, 0.29) is 29.4 Å². The fourth-order valence-corrected chi connectivity index (χ4v) is 5.72. The molecule has 1 aromatic heterocycles. The summed E-state index contributed by atoms with van der Waals surface area (Å²) >= 11 is 0. The highest BCUT2D eigenvalue weighted by Crippen LogP contribution is 2.52. The lowest BCUT2D eigenvalue weighted by atomic mass is 9.71. The van der Waals surface area contributed by atoms with Crippen molar-refractivity contribution in [2.45, 2.75) is 43.9 Å². The van der Waals surface area contributed by atoms with Crippen LogP contribution in [0.15, 0.2) is 72.9 Å². The van der Waals surface area contributed by atoms with Crippen LogP contribution in [0.1, 0.15) is 53.0 Å². The fourth-order valence-electron chi connectivity index (χ4n) is 5.72. The van der Waals surface area contributed by atoms with E-state index in [4.69, 9.17) is 9.47 Å². The zero-order valence-electron chi connectivity index (χ0n) is 20.6. The molecule has 1 fully saturated rings. The van der Waals surface area contributed by atoms with Gasteiger partial charge in [0, 0.05) is 37.2 Å². The minimum Gasteiger partial charge on any atom is -0.497 e. The lowest BCUT2D eigenvalue weighted by molar-refractivity contribution is -0.122. The monoisotopic (exact) mass is 485 g/mol. The molecular formula is C29H31N3O4. The third-order valence-electron chi connectivity index (χ3n) is 7.46. The minimum atomic E-state index is -0.310. The zero-order valence-corrected chi connectivity index (χ0v) is 20.6. The van der Waals surface area contributed by atoms with E-state index < -0.39 is 0 Å². The molecule has 0 radical (unpaired) electrons. The number of carbonyl (C=O) groups excluding carboxylic acids is 2. The summed E-state index contributed by atoms with van der Waals surface area (Å²) in [6.07, 6.45) is 2.98. The molecule has 7 heteroatoms. The lowest BCUT2D eigenvalue weighted by Crippen LogP contribution is -2.51. The number of methoxy groups -OCH3 is 1. The molecule has 3 aromatic rings. The van der Waals surface area contributed by atoms with Crippen molar-refractivity contribution in [1.82, 2.24) is 15.2 Å². The Bertz CT molecular complexity index is 1220. The molecule has 36 heavy (non-hydrogen) atoms. The molecular weight excluding hydrogens is 454 g/mol. The molecule has 2 aromatic carbocycles. The van der Waals surface area contributed by atoms with E-state index in [9.17, 15) is 9.59 Å². The van der Waals surface area contributed by atoms with Gasteiger partial charge in [-0.25, -0.2) is 0 Å². The summed E-state index contributed by atoms with van der Waals surface area (Å²) in [7, 11) is 1.61. The van der Waals surface area contributed by atoms with Crippen molar-refractivity contribution >= 4 is 11.8 Å². The summed E-state index contributed by atoms with van der Waals surface area (Å²) in [5, 5.41) is 3.15. The largest absolute Gasteiger partial charge is 0.497 e. The van der Waals surface area contributed by atoms with Gasteiger partial charge in [-0.2, -0.15) is 0 Å². The number of amides is 2. The van der Waals surface area contributed by atoms with E-state index in [0.717, 1.165) is 29.8 Å². The number of aromatic nitrogens is 1. The first-order chi connectivity index (χ1) is 17.5. The molecule has 186 valence electrons. The second kappa shape index (κ2) is 10.1. The molecule has 1 saturated heterocycles. The quantitative estimate of drug-likeness (QED) is 0.570. The van der Waals surface area contributed by atoms with Crippen LogP contribution in [0.2, 0.25) is 0 Å². The summed E-state index contributed by atoms with van der Waals surface area (Å²) in [6, 6.07) is 21.0. The van der Waals surface area contributed by atoms with Crippen molar-refractivity contribution in [1.29, 1.82) is 0 Å². The number of hydrogen-bond acceptors (Lipinski definition) is 5. The SMILES string of the molecule is COc1ccc(C(=O)N2CCC3(CC2)c2ccccc2[C@@H](NC(C)=O)[C@@H]3OCc2ccccn2)cc1. The first-order valence-electron chi connectivity index (χ1n) is 12.3. The average molecular weight is 486 g/mol. The van der Waals surface area contributed by atoms with Crippen molar-refractivity contribution in [3.63, 3.8) is 0 Å². The summed E-state index contributed by atoms with van der Waals surface area (Å²) < 4.78 is 11.8. The molecule has 1 aliphatic carbocycles. The van der Waals surface area contributed by atoms with Crippen LogP contribution in [-0.2, 0) is 21.6 Å². The molecule has 1 aliphatic heterocycles. The molecule has 2 heterocycles. The van der Waals surface area contributed by atoms with Crippen LogP contribution in [0.4, 0.5) is 0 Å². The molecule has 2 aliphatic rings. The van der Waals surface area contributed by atoms with Gasteiger partial charge in [-0.3, -0.25) is 14.6 Å². The third kappa shape index (κ3) is 4.46. The highest BCUT2D eigenvalue weighted by molar-refractivity contribution is 5.94. The van der Waals surface area contributed by atoms with Crippen molar-refractivity contribution in [3.8, 4) is 5.75 Å². The average Bonchev–Trinajstić information content (AvgIpc) is 3.16. The fraction of sp³-hybridized carbons (Fsp3) is 0.345. The molecule has 1 spiro atoms. The predicted molar refractivity (Wildman–Crippen MR) is 136 cm³/mol. The van der Waals surface area contributed by atoms with Crippen LogP contribution in [-0.4, -0.2) is 48.0 Å². The Morgan fingerprint density at radius 3 is 2.42 bits per heavy atom. The van der Waals surface area contributed by atoms with Crippen LogP contribution in [0.3, 0.4) is 0 Å². The first kappa shape index (κ1) is 24.0. The first-order valence-corrected chi connectivity index (χ1v) is 12.3. The van der Waals surface area contributed by atoms with Crippen LogP contribution in [0, 0.1) is 0 Å². The Labute approximate surface area is 211 Å². The minimum absolute atomic E-state index is 0.0168. The maximum atomic E-state index is 13.2. The zero-order chi connectivity index (χ0) is 25.1. The van der Waals surface area contributed by atoms with Crippen LogP contribution >= 0.6 is 0 Å². The van der Waals surface area contributed by atoms with Crippen LogP contribution < -0.4 is 10.1 Å². The predicted octanol–water partition coefficient (Wildman–Crippen LogP) is 4.04. The molecule has 7 nitrogen and oxygen atoms in total. The molecule has 0 bridgehead atoms. The Balaban J connectivity index is 1.41. The second-order valence-corrected chi connectivity index (χ2v) is 9.49. The molecule has 0 saturated carbocycles. The number of pyridine rings is 1. The number of nitrogens with zero attached hydrogens (tertiary/aromatic N) is 2. The topological polar surface area (TPSA) is 80.8 Å². The molecule has 0 unspecified atom stereocenters. The van der Waals surface area contributed by atoms with Gasteiger partial charge < -0.3 is 19.7 Å². The molecule has 5 rings (SSSR count). The molecule has 2 atom stereocenters. The number of likely N-dealkylation sites (tertiary alicyclic amines) is 1. The van der Waals surface area contributed by atoms with Crippen molar-refractivity contribution in [2.24, 2.45) is 0 Å². The van der Waals surface area contributed by atoms with Gasteiger partial charge in [0.25, 0.3) is 5.91 Å². The molecule has 1 N–H and O–H groups in total. The van der Waals surface area contributed by atoms with Gasteiger partial charge in [0.05, 0.1) is 31.6 Å². The number of piperidine rings is 1. The lowest BCUT2D eigenvalue weighted by Gasteiger charge is -2.44. The van der Waals surface area contributed by atoms with E-state index in [2.05, 4.69) is 22.4 Å². The normalized spacial score (nSPS) is 20.1. The van der Waals surface area contributed by atoms with Crippen molar-refractivity contribution in [2.75, 3.05) is 20.2 Å². The number of fused-ring (bicyclic) bond motifs is 2. The van der Waals surface area contributed by atoms with E-state index in [1.165, 1.54) is 5.56 Å². The van der Waals surface area contributed by atoms with Gasteiger partial charge >= 0.3 is 0 Å². The van der Waals surface area contributed by atoms with Gasteiger partial charge in [0.15, 0.2) is 0 Å². The highest BCUT2D eigenvalue weighted by Gasteiger charge is 2.54. The van der Waals surface area contributed by atoms with Gasteiger partial charge in [-0.05, 0) is 60.4 Å². The smallest absolute Gasteiger partial charge is 0.253 e. The standard InChI is InChI=1S/C29H31N3O4/c1-20(33)31-26-24-8-3-4-9-25(24)29(27(26)36-19-22-7-5-6-16-30-22)14-17-32(18-15-29)28(34)21-10-12-23(35-2)13-11-21/h3-13,16,26-27H,14-15,17-19H2,1-2H3,(H,31,33)/t26-,27+/m1/s1. The summed E-state index contributed by atoms with van der Waals surface area (Å²) in [5.74, 6) is 0.650. The summed E-state index contributed by atoms with van der Waals surface area (Å²) in [6.45, 7) is 3.11. The maximum Gasteiger partial charge on any atom is 0.253 e. The summed E-state index contributed by atoms with van der Waals surface area (Å²) in [5.41, 5.74) is 3.48. The second-order valence-electron chi connectivity index (χ2n) is 9.49. The van der Waals surface area contributed by atoms with Gasteiger partial charge in [-0.1, -0.05) is 30.3 Å². The van der Waals surface area contributed by atoms with Crippen LogP contribution in [0.5, 0.6) is 5.75 Å². The number of carbonyl (C=O) groups is 2. The van der Waals surface area contributed by atoms with E-state index in [0.29, 0.717) is 25.3 Å². The van der Waals surface area contributed by atoms with Gasteiger partial charge in [0.1, 0.15) is 5.75 Å². The van der Waals surface area contributed by atoms with Crippen molar-refractivity contribution in [3.05, 3.63) is 95.3 Å². The Hall–Kier alpha value is -3.71. The van der Waals surface area contributed by atoms with Crippen molar-refractivity contribution < 1.29 is 19.1 Å². The van der Waals surface area contributed by atoms with Gasteiger partial charge in [0.2, 0.25) is 5.91 Å². The number of ether oxygens (including phenoxy) is 2. The van der Waals surface area contributed by atoms with Crippen LogP contribution in [0.25, 0.3) is 0 Å². The number of benzene rings is 2. The van der Waals surface area contributed by atoms with E-state index in [1.807, 2.05) is 59.5 Å². The number of hydrogen-bond donors (Lipinski definition) is 1. The summed E-state index contributed by atoms with van der Waals surface area (Å²) in [4.78, 5) is 31.8. The Kier molecular flexibility index (Phi) is 6.74. The highest BCUT2D eigenvalue weighted by atomic mass is 16.5. The Morgan fingerprint density at radius 2 is 1.75 bits per heavy atom. The van der Waals surface area contributed by atoms with E-state index >= 15 is 0 Å². The van der Waals surface area contributed by atoms with Gasteiger partial charge in [-0.15, -0.1) is 0 Å². The Morgan fingerprint density at radius 1 is 1.03 bits per heavy atom. The molecule has 2 amide bonds. The number of rotatable bonds is 6. The third-order valence-corrected chi connectivity index (χ3v) is 7.46. The van der Waals surface area contributed by atoms with E-state index in [1.54, 1.807) is 20.2 Å². The maximum absolute atomic E-state index is 13.2.